The number of urea groups is 1. The standard InChI is InChI=1S/C19H27N5O/c1-5-24-14(3)17(13(2)22-24)21-19(25)20-16-11-12-23(4)18(16)15-9-7-6-8-10-15/h6-10,16,18H,5,11-12H2,1-4H3,(H2,20,21,25)/t16-,18-/m1/s1. The average molecular weight is 341 g/mol. The molecule has 1 aliphatic rings. The number of benzene rings is 1. The highest BCUT2D eigenvalue weighted by molar-refractivity contribution is 5.90. The molecular weight excluding hydrogens is 314 g/mol. The zero-order valence-corrected chi connectivity index (χ0v) is 15.4. The number of hydrogen-bond donors (Lipinski definition) is 2. The van der Waals surface area contributed by atoms with Crippen LogP contribution in [-0.4, -0.2) is 40.3 Å². The molecule has 6 heteroatoms. The summed E-state index contributed by atoms with van der Waals surface area (Å²) in [6.45, 7) is 7.71. The Morgan fingerprint density at radius 1 is 1.28 bits per heavy atom. The number of rotatable bonds is 4. The van der Waals surface area contributed by atoms with Crippen molar-refractivity contribution in [1.82, 2.24) is 20.0 Å². The summed E-state index contributed by atoms with van der Waals surface area (Å²) in [6.07, 6.45) is 0.940. The molecule has 0 spiro atoms. The monoisotopic (exact) mass is 341 g/mol. The fourth-order valence-corrected chi connectivity index (χ4v) is 3.74. The maximum atomic E-state index is 12.6. The lowest BCUT2D eigenvalue weighted by Gasteiger charge is -2.26. The van der Waals surface area contributed by atoms with Gasteiger partial charge in [-0.3, -0.25) is 9.58 Å². The van der Waals surface area contributed by atoms with Crippen LogP contribution in [-0.2, 0) is 6.54 Å². The van der Waals surface area contributed by atoms with Crippen molar-refractivity contribution >= 4 is 11.7 Å². The van der Waals surface area contributed by atoms with Crippen molar-refractivity contribution in [2.24, 2.45) is 0 Å². The molecule has 3 rings (SSSR count). The number of carbonyl (C=O) groups excluding carboxylic acids is 1. The van der Waals surface area contributed by atoms with Gasteiger partial charge in [-0.1, -0.05) is 30.3 Å². The summed E-state index contributed by atoms with van der Waals surface area (Å²) in [5.74, 6) is 0. The van der Waals surface area contributed by atoms with E-state index in [0.717, 1.165) is 36.6 Å². The summed E-state index contributed by atoms with van der Waals surface area (Å²) in [4.78, 5) is 14.9. The molecule has 134 valence electrons. The summed E-state index contributed by atoms with van der Waals surface area (Å²) in [7, 11) is 2.11. The second-order valence-corrected chi connectivity index (χ2v) is 6.69. The molecule has 2 atom stereocenters. The smallest absolute Gasteiger partial charge is 0.319 e. The lowest BCUT2D eigenvalue weighted by Crippen LogP contribution is -2.41. The normalized spacial score (nSPS) is 20.6. The third-order valence-electron chi connectivity index (χ3n) is 5.03. The zero-order valence-electron chi connectivity index (χ0n) is 15.4. The van der Waals surface area contributed by atoms with E-state index in [1.165, 1.54) is 5.56 Å². The SMILES string of the molecule is CCn1nc(C)c(NC(=O)N[C@@H]2CCN(C)[C@@H]2c2ccccc2)c1C. The third-order valence-corrected chi connectivity index (χ3v) is 5.03. The predicted octanol–water partition coefficient (Wildman–Crippen LogP) is 3.09. The van der Waals surface area contributed by atoms with Gasteiger partial charge in [0, 0.05) is 13.1 Å². The fourth-order valence-electron chi connectivity index (χ4n) is 3.74. The van der Waals surface area contributed by atoms with Crippen molar-refractivity contribution in [3.05, 3.63) is 47.3 Å². The van der Waals surface area contributed by atoms with Crippen molar-refractivity contribution in [3.63, 3.8) is 0 Å². The summed E-state index contributed by atoms with van der Waals surface area (Å²) >= 11 is 0. The second kappa shape index (κ2) is 7.27. The minimum Gasteiger partial charge on any atom is -0.333 e. The quantitative estimate of drug-likeness (QED) is 0.898. The van der Waals surface area contributed by atoms with Crippen molar-refractivity contribution in [3.8, 4) is 0 Å². The first-order valence-electron chi connectivity index (χ1n) is 8.88. The maximum Gasteiger partial charge on any atom is 0.319 e. The Morgan fingerprint density at radius 2 is 2.00 bits per heavy atom. The second-order valence-electron chi connectivity index (χ2n) is 6.69. The molecule has 2 N–H and O–H groups in total. The van der Waals surface area contributed by atoms with Gasteiger partial charge in [-0.05, 0) is 39.8 Å². The Kier molecular flexibility index (Phi) is 5.08. The number of amides is 2. The lowest BCUT2D eigenvalue weighted by atomic mass is 10.0. The molecule has 1 fully saturated rings. The molecule has 0 aliphatic carbocycles. The number of aromatic nitrogens is 2. The molecule has 2 aromatic rings. The zero-order chi connectivity index (χ0) is 18.0. The number of carbonyl (C=O) groups is 1. The number of likely N-dealkylation sites (tertiary alicyclic amines) is 1. The number of nitrogens with one attached hydrogen (secondary N) is 2. The van der Waals surface area contributed by atoms with E-state index in [0.29, 0.717) is 0 Å². The predicted molar refractivity (Wildman–Crippen MR) is 99.7 cm³/mol. The van der Waals surface area contributed by atoms with Crippen molar-refractivity contribution in [2.45, 2.75) is 45.8 Å². The van der Waals surface area contributed by atoms with Crippen LogP contribution in [0.2, 0.25) is 0 Å². The molecule has 0 saturated carbocycles. The Labute approximate surface area is 149 Å². The molecule has 2 amide bonds. The molecule has 1 aliphatic heterocycles. The highest BCUT2D eigenvalue weighted by Gasteiger charge is 2.34. The molecule has 0 unspecified atom stereocenters. The van der Waals surface area contributed by atoms with Crippen LogP contribution in [0, 0.1) is 13.8 Å². The first kappa shape index (κ1) is 17.5. The minimum atomic E-state index is -0.164. The molecule has 1 aromatic carbocycles. The Morgan fingerprint density at radius 3 is 2.64 bits per heavy atom. The first-order valence-corrected chi connectivity index (χ1v) is 8.88. The van der Waals surface area contributed by atoms with E-state index in [9.17, 15) is 4.79 Å². The highest BCUT2D eigenvalue weighted by atomic mass is 16.2. The molecule has 1 aromatic heterocycles. The van der Waals surface area contributed by atoms with E-state index in [2.05, 4.69) is 39.8 Å². The number of hydrogen-bond acceptors (Lipinski definition) is 3. The Hall–Kier alpha value is -2.34. The van der Waals surface area contributed by atoms with Gasteiger partial charge in [0.2, 0.25) is 0 Å². The molecule has 2 heterocycles. The maximum absolute atomic E-state index is 12.6. The van der Waals surface area contributed by atoms with Gasteiger partial charge in [-0.2, -0.15) is 5.10 Å². The van der Waals surface area contributed by atoms with Crippen LogP contribution in [0.3, 0.4) is 0 Å². The minimum absolute atomic E-state index is 0.0919. The lowest BCUT2D eigenvalue weighted by molar-refractivity contribution is 0.240. The summed E-state index contributed by atoms with van der Waals surface area (Å²) in [5.41, 5.74) is 3.87. The number of nitrogens with zero attached hydrogens (tertiary/aromatic N) is 3. The van der Waals surface area contributed by atoms with E-state index in [1.807, 2.05) is 43.7 Å². The van der Waals surface area contributed by atoms with Gasteiger partial charge in [0.15, 0.2) is 0 Å². The van der Waals surface area contributed by atoms with Crippen LogP contribution in [0.15, 0.2) is 30.3 Å². The largest absolute Gasteiger partial charge is 0.333 e. The number of aryl methyl sites for hydroxylation is 2. The van der Waals surface area contributed by atoms with Gasteiger partial charge in [-0.25, -0.2) is 4.79 Å². The summed E-state index contributed by atoms with van der Waals surface area (Å²) < 4.78 is 1.90. The van der Waals surface area contributed by atoms with Gasteiger partial charge in [0.05, 0.1) is 29.2 Å². The van der Waals surface area contributed by atoms with E-state index < -0.39 is 0 Å². The van der Waals surface area contributed by atoms with Gasteiger partial charge < -0.3 is 10.6 Å². The summed E-state index contributed by atoms with van der Waals surface area (Å²) in [6, 6.07) is 10.5. The van der Waals surface area contributed by atoms with Crippen LogP contribution in [0.4, 0.5) is 10.5 Å². The van der Waals surface area contributed by atoms with Gasteiger partial charge in [0.1, 0.15) is 0 Å². The average Bonchev–Trinajstić information content (AvgIpc) is 3.09. The van der Waals surface area contributed by atoms with Crippen LogP contribution >= 0.6 is 0 Å². The van der Waals surface area contributed by atoms with Crippen molar-refractivity contribution in [1.29, 1.82) is 0 Å². The molecule has 1 saturated heterocycles. The van der Waals surface area contributed by atoms with Crippen LogP contribution < -0.4 is 10.6 Å². The Bertz CT molecular complexity index is 740. The van der Waals surface area contributed by atoms with E-state index in [4.69, 9.17) is 0 Å². The van der Waals surface area contributed by atoms with Gasteiger partial charge in [0.25, 0.3) is 0 Å². The number of likely N-dealkylation sites (N-methyl/N-ethyl adjacent to an activating group) is 1. The first-order chi connectivity index (χ1) is 12.0. The Balaban J connectivity index is 1.71. The molecule has 0 radical (unpaired) electrons. The molecule has 25 heavy (non-hydrogen) atoms. The topological polar surface area (TPSA) is 62.2 Å². The van der Waals surface area contributed by atoms with E-state index in [-0.39, 0.29) is 18.1 Å². The molecule has 0 bridgehead atoms. The highest BCUT2D eigenvalue weighted by Crippen LogP contribution is 2.31. The molecular formula is C19H27N5O. The molecule has 6 nitrogen and oxygen atoms in total. The van der Waals surface area contributed by atoms with Crippen LogP contribution in [0.1, 0.15) is 36.3 Å². The van der Waals surface area contributed by atoms with Crippen molar-refractivity contribution < 1.29 is 4.79 Å². The van der Waals surface area contributed by atoms with Crippen LogP contribution in [0.5, 0.6) is 0 Å². The number of anilines is 1. The van der Waals surface area contributed by atoms with Gasteiger partial charge in [-0.15, -0.1) is 0 Å². The fraction of sp³-hybridized carbons (Fsp3) is 0.474. The third kappa shape index (κ3) is 3.54. The van der Waals surface area contributed by atoms with E-state index >= 15 is 0 Å². The van der Waals surface area contributed by atoms with Crippen molar-refractivity contribution in [2.75, 3.05) is 18.9 Å². The van der Waals surface area contributed by atoms with Gasteiger partial charge >= 0.3 is 6.03 Å². The summed E-state index contributed by atoms with van der Waals surface area (Å²) in [5, 5.41) is 10.6. The van der Waals surface area contributed by atoms with Crippen LogP contribution in [0.25, 0.3) is 0 Å². The van der Waals surface area contributed by atoms with E-state index in [1.54, 1.807) is 0 Å².